The molecule has 0 saturated carbocycles. The van der Waals surface area contributed by atoms with Crippen molar-refractivity contribution in [2.45, 2.75) is 52.0 Å². The van der Waals surface area contributed by atoms with Gasteiger partial charge in [-0.1, -0.05) is 33.1 Å². The van der Waals surface area contributed by atoms with Crippen molar-refractivity contribution < 1.29 is 9.13 Å². The predicted molar refractivity (Wildman–Crippen MR) is 85.8 cm³/mol. The first-order valence-corrected chi connectivity index (χ1v) is 8.19. The molecule has 0 aliphatic rings. The Morgan fingerprint density at radius 2 is 2.00 bits per heavy atom. The van der Waals surface area contributed by atoms with Gasteiger partial charge >= 0.3 is 0 Å². The monoisotopic (exact) mass is 345 g/mol. The fourth-order valence-electron chi connectivity index (χ4n) is 2.28. The van der Waals surface area contributed by atoms with E-state index in [9.17, 15) is 4.39 Å². The second kappa shape index (κ2) is 9.35. The van der Waals surface area contributed by atoms with Gasteiger partial charge < -0.3 is 10.1 Å². The first-order chi connectivity index (χ1) is 9.63. The van der Waals surface area contributed by atoms with E-state index in [1.54, 1.807) is 7.11 Å². The molecule has 0 amide bonds. The summed E-state index contributed by atoms with van der Waals surface area (Å²) < 4.78 is 19.5. The van der Waals surface area contributed by atoms with Gasteiger partial charge in [0, 0.05) is 17.7 Å². The number of methoxy groups -OCH3 is 1. The lowest BCUT2D eigenvalue weighted by Crippen LogP contribution is -2.23. The lowest BCUT2D eigenvalue weighted by Gasteiger charge is -2.22. The molecule has 1 aromatic rings. The zero-order valence-corrected chi connectivity index (χ0v) is 14.2. The number of halogens is 2. The Bertz CT molecular complexity index is 412. The van der Waals surface area contributed by atoms with Crippen molar-refractivity contribution in [1.29, 1.82) is 0 Å². The van der Waals surface area contributed by atoms with Crippen LogP contribution in [-0.2, 0) is 0 Å². The molecular formula is C16H25BrFNO. The van der Waals surface area contributed by atoms with E-state index < -0.39 is 0 Å². The second-order valence-electron chi connectivity index (χ2n) is 5.01. The smallest absolute Gasteiger partial charge is 0.141 e. The number of benzene rings is 1. The van der Waals surface area contributed by atoms with E-state index in [0.29, 0.717) is 10.2 Å². The number of hydrogen-bond acceptors (Lipinski definition) is 2. The van der Waals surface area contributed by atoms with E-state index in [-0.39, 0.29) is 11.9 Å². The third-order valence-corrected chi connectivity index (χ3v) is 3.99. The Balaban J connectivity index is 2.95. The van der Waals surface area contributed by atoms with E-state index in [0.717, 1.165) is 31.4 Å². The van der Waals surface area contributed by atoms with Gasteiger partial charge in [0.25, 0.3) is 0 Å². The van der Waals surface area contributed by atoms with E-state index in [1.165, 1.54) is 18.9 Å². The Morgan fingerprint density at radius 3 is 2.60 bits per heavy atom. The molecule has 1 unspecified atom stereocenters. The van der Waals surface area contributed by atoms with Crippen molar-refractivity contribution >= 4 is 15.9 Å². The third-order valence-electron chi connectivity index (χ3n) is 3.39. The van der Waals surface area contributed by atoms with Crippen molar-refractivity contribution in [2.75, 3.05) is 13.7 Å². The largest absolute Gasteiger partial charge is 0.496 e. The normalized spacial score (nSPS) is 12.4. The molecule has 0 bridgehead atoms. The summed E-state index contributed by atoms with van der Waals surface area (Å²) in [5.41, 5.74) is 1.03. The predicted octanol–water partition coefficient (Wildman–Crippen LogP) is 5.22. The highest BCUT2D eigenvalue weighted by Gasteiger charge is 2.17. The molecule has 0 heterocycles. The average Bonchev–Trinajstić information content (AvgIpc) is 2.45. The maximum atomic E-state index is 13.6. The second-order valence-corrected chi connectivity index (χ2v) is 5.87. The standard InChI is InChI=1S/C16H25BrFNO/c1-4-6-7-8-15(19-9-5-2)12-10-13(17)14(18)11-16(12)20-3/h10-11,15,19H,4-9H2,1-3H3. The molecule has 0 aliphatic heterocycles. The van der Waals surface area contributed by atoms with Gasteiger partial charge in [-0.3, -0.25) is 0 Å². The highest BCUT2D eigenvalue weighted by Crippen LogP contribution is 2.33. The van der Waals surface area contributed by atoms with Crippen molar-refractivity contribution in [3.8, 4) is 5.75 Å². The lowest BCUT2D eigenvalue weighted by molar-refractivity contribution is 0.388. The van der Waals surface area contributed by atoms with E-state index in [4.69, 9.17) is 4.74 Å². The summed E-state index contributed by atoms with van der Waals surface area (Å²) in [6.45, 7) is 5.30. The number of rotatable bonds is 9. The maximum Gasteiger partial charge on any atom is 0.141 e. The maximum absolute atomic E-state index is 13.6. The molecule has 114 valence electrons. The molecule has 4 heteroatoms. The highest BCUT2D eigenvalue weighted by atomic mass is 79.9. The summed E-state index contributed by atoms with van der Waals surface area (Å²) >= 11 is 3.27. The van der Waals surface area contributed by atoms with Gasteiger partial charge in [0.05, 0.1) is 11.6 Å². The van der Waals surface area contributed by atoms with Crippen LogP contribution in [0.1, 0.15) is 57.6 Å². The summed E-state index contributed by atoms with van der Waals surface area (Å²) in [5.74, 6) is 0.337. The minimum atomic E-state index is -0.284. The Hall–Kier alpha value is -0.610. The molecule has 0 aromatic heterocycles. The number of nitrogens with one attached hydrogen (secondary N) is 1. The zero-order chi connectivity index (χ0) is 15.0. The van der Waals surface area contributed by atoms with Crippen LogP contribution in [0.15, 0.2) is 16.6 Å². The van der Waals surface area contributed by atoms with Crippen molar-refractivity contribution in [3.63, 3.8) is 0 Å². The molecule has 0 spiro atoms. The molecule has 1 aromatic carbocycles. The topological polar surface area (TPSA) is 21.3 Å². The summed E-state index contributed by atoms with van der Waals surface area (Å²) in [6.07, 6.45) is 5.70. The van der Waals surface area contributed by atoms with Crippen LogP contribution in [0.5, 0.6) is 5.75 Å². The van der Waals surface area contributed by atoms with Gasteiger partial charge in [0.15, 0.2) is 0 Å². The molecule has 2 nitrogen and oxygen atoms in total. The summed E-state index contributed by atoms with van der Waals surface area (Å²) in [4.78, 5) is 0. The molecule has 1 rings (SSSR count). The van der Waals surface area contributed by atoms with Crippen LogP contribution >= 0.6 is 15.9 Å². The van der Waals surface area contributed by atoms with Crippen LogP contribution in [0, 0.1) is 5.82 Å². The Morgan fingerprint density at radius 1 is 1.25 bits per heavy atom. The van der Waals surface area contributed by atoms with Gasteiger partial charge in [0.1, 0.15) is 11.6 Å². The van der Waals surface area contributed by atoms with Gasteiger partial charge in [-0.2, -0.15) is 0 Å². The summed E-state index contributed by atoms with van der Waals surface area (Å²) in [6, 6.07) is 3.51. The molecule has 0 fully saturated rings. The van der Waals surface area contributed by atoms with Gasteiger partial charge in [-0.05, 0) is 41.4 Å². The van der Waals surface area contributed by atoms with Crippen molar-refractivity contribution in [1.82, 2.24) is 5.32 Å². The van der Waals surface area contributed by atoms with Crippen LogP contribution in [0.3, 0.4) is 0 Å². The first-order valence-electron chi connectivity index (χ1n) is 7.40. The number of ether oxygens (including phenoxy) is 1. The average molecular weight is 346 g/mol. The van der Waals surface area contributed by atoms with Crippen LogP contribution in [-0.4, -0.2) is 13.7 Å². The highest BCUT2D eigenvalue weighted by molar-refractivity contribution is 9.10. The SMILES string of the molecule is CCCCCC(NCCC)c1cc(Br)c(F)cc1OC. The fraction of sp³-hybridized carbons (Fsp3) is 0.625. The van der Waals surface area contributed by atoms with Crippen molar-refractivity contribution in [2.24, 2.45) is 0 Å². The van der Waals surface area contributed by atoms with Crippen LogP contribution in [0.25, 0.3) is 0 Å². The quantitative estimate of drug-likeness (QED) is 0.619. The Labute approximate surface area is 130 Å². The molecule has 0 aliphatic carbocycles. The van der Waals surface area contributed by atoms with E-state index >= 15 is 0 Å². The summed E-state index contributed by atoms with van der Waals surface area (Å²) in [5, 5.41) is 3.54. The summed E-state index contributed by atoms with van der Waals surface area (Å²) in [7, 11) is 1.59. The van der Waals surface area contributed by atoms with Crippen LogP contribution in [0.4, 0.5) is 4.39 Å². The minimum absolute atomic E-state index is 0.216. The van der Waals surface area contributed by atoms with Crippen LogP contribution in [0.2, 0.25) is 0 Å². The molecule has 0 radical (unpaired) electrons. The molecule has 1 N–H and O–H groups in total. The Kier molecular flexibility index (Phi) is 8.15. The van der Waals surface area contributed by atoms with Crippen LogP contribution < -0.4 is 10.1 Å². The number of unbranched alkanes of at least 4 members (excludes halogenated alkanes) is 2. The van der Waals surface area contributed by atoms with Gasteiger partial charge in [-0.25, -0.2) is 4.39 Å². The molecular weight excluding hydrogens is 321 g/mol. The molecule has 1 atom stereocenters. The van der Waals surface area contributed by atoms with E-state index in [1.807, 2.05) is 6.07 Å². The van der Waals surface area contributed by atoms with Gasteiger partial charge in [-0.15, -0.1) is 0 Å². The van der Waals surface area contributed by atoms with Gasteiger partial charge in [0.2, 0.25) is 0 Å². The first kappa shape index (κ1) is 17.4. The third kappa shape index (κ3) is 5.06. The molecule has 20 heavy (non-hydrogen) atoms. The van der Waals surface area contributed by atoms with Crippen molar-refractivity contribution in [3.05, 3.63) is 28.0 Å². The lowest BCUT2D eigenvalue weighted by atomic mass is 9.99. The fourth-order valence-corrected chi connectivity index (χ4v) is 2.64. The zero-order valence-electron chi connectivity index (χ0n) is 12.6. The number of hydrogen-bond donors (Lipinski definition) is 1. The van der Waals surface area contributed by atoms with E-state index in [2.05, 4.69) is 35.1 Å². The molecule has 0 saturated heterocycles. The minimum Gasteiger partial charge on any atom is -0.496 e.